The number of amidine groups is 1. The number of carbonyl (C=O) groups is 1. The van der Waals surface area contributed by atoms with Crippen LogP contribution in [0.15, 0.2) is 41.6 Å². The molecule has 2 aromatic carbocycles. The Morgan fingerprint density at radius 2 is 1.71 bits per heavy atom. The first-order chi connectivity index (χ1) is 11.5. The third-order valence-electron chi connectivity index (χ3n) is 3.52. The summed E-state index contributed by atoms with van der Waals surface area (Å²) in [6.07, 6.45) is 0. The van der Waals surface area contributed by atoms with Gasteiger partial charge in [-0.15, -0.1) is 0 Å². The molecule has 0 aliphatic rings. The number of carbonyl (C=O) groups excluding carboxylic acids is 1. The zero-order chi connectivity index (χ0) is 17.7. The van der Waals surface area contributed by atoms with Crippen LogP contribution < -0.4 is 15.2 Å². The van der Waals surface area contributed by atoms with Crippen molar-refractivity contribution in [2.45, 2.75) is 13.8 Å². The van der Waals surface area contributed by atoms with Crippen LogP contribution in [0.1, 0.15) is 27.0 Å². The number of rotatable bonds is 5. The van der Waals surface area contributed by atoms with Crippen molar-refractivity contribution in [3.05, 3.63) is 58.7 Å². The standard InChI is InChI=1S/C18H20N2O4/c1-11-5-6-12(2)14(9-11)18(21)24-20-17(19)13-7-8-15(22-3)16(10-13)23-4/h5-10H,1-4H3,(H2,19,20). The molecule has 6 heteroatoms. The SMILES string of the molecule is COc1ccc(C(N)=NOC(=O)c2cc(C)ccc2C)cc1OC. The largest absolute Gasteiger partial charge is 0.493 e. The highest BCUT2D eigenvalue weighted by Gasteiger charge is 2.12. The molecule has 0 heterocycles. The van der Waals surface area contributed by atoms with Crippen LogP contribution in [0.4, 0.5) is 0 Å². The normalized spacial score (nSPS) is 11.1. The summed E-state index contributed by atoms with van der Waals surface area (Å²) in [7, 11) is 3.07. The van der Waals surface area contributed by atoms with Crippen LogP contribution in [0.2, 0.25) is 0 Å². The van der Waals surface area contributed by atoms with Crippen LogP contribution in [-0.4, -0.2) is 26.0 Å². The average molecular weight is 328 g/mol. The van der Waals surface area contributed by atoms with E-state index in [2.05, 4.69) is 5.16 Å². The van der Waals surface area contributed by atoms with Gasteiger partial charge in [0, 0.05) is 5.56 Å². The minimum absolute atomic E-state index is 0.0645. The number of ether oxygens (including phenoxy) is 2. The molecule has 6 nitrogen and oxygen atoms in total. The van der Waals surface area contributed by atoms with Crippen molar-refractivity contribution in [3.8, 4) is 11.5 Å². The maximum Gasteiger partial charge on any atom is 0.366 e. The lowest BCUT2D eigenvalue weighted by molar-refractivity contribution is 0.0515. The molecule has 0 saturated heterocycles. The van der Waals surface area contributed by atoms with Gasteiger partial charge in [-0.25, -0.2) is 4.79 Å². The Kier molecular flexibility index (Phi) is 5.42. The van der Waals surface area contributed by atoms with Crippen LogP contribution in [-0.2, 0) is 4.84 Å². The van der Waals surface area contributed by atoms with E-state index in [9.17, 15) is 4.79 Å². The summed E-state index contributed by atoms with van der Waals surface area (Å²) < 4.78 is 10.4. The van der Waals surface area contributed by atoms with Gasteiger partial charge in [-0.1, -0.05) is 22.9 Å². The van der Waals surface area contributed by atoms with Crippen molar-refractivity contribution >= 4 is 11.8 Å². The van der Waals surface area contributed by atoms with Gasteiger partial charge in [-0.05, 0) is 43.7 Å². The zero-order valence-corrected chi connectivity index (χ0v) is 14.1. The van der Waals surface area contributed by atoms with Gasteiger partial charge in [0.2, 0.25) is 0 Å². The van der Waals surface area contributed by atoms with Gasteiger partial charge in [0.05, 0.1) is 19.8 Å². The van der Waals surface area contributed by atoms with Gasteiger partial charge in [0.15, 0.2) is 17.3 Å². The molecule has 0 unspecified atom stereocenters. The first kappa shape index (κ1) is 17.3. The number of aryl methyl sites for hydroxylation is 2. The number of nitrogens with two attached hydrogens (primary N) is 1. The maximum atomic E-state index is 12.1. The second kappa shape index (κ2) is 7.50. The molecule has 0 fully saturated rings. The van der Waals surface area contributed by atoms with E-state index in [-0.39, 0.29) is 5.84 Å². The van der Waals surface area contributed by atoms with Gasteiger partial charge in [-0.2, -0.15) is 0 Å². The highest BCUT2D eigenvalue weighted by Crippen LogP contribution is 2.27. The number of oxime groups is 1. The smallest absolute Gasteiger partial charge is 0.366 e. The van der Waals surface area contributed by atoms with Crippen LogP contribution in [0.5, 0.6) is 11.5 Å². The van der Waals surface area contributed by atoms with E-state index < -0.39 is 5.97 Å². The van der Waals surface area contributed by atoms with Crippen LogP contribution >= 0.6 is 0 Å². The van der Waals surface area contributed by atoms with Crippen molar-refractivity contribution in [2.75, 3.05) is 14.2 Å². The quantitative estimate of drug-likeness (QED) is 0.395. The van der Waals surface area contributed by atoms with Crippen molar-refractivity contribution < 1.29 is 19.1 Å². The monoisotopic (exact) mass is 328 g/mol. The number of benzene rings is 2. The third kappa shape index (κ3) is 3.84. The van der Waals surface area contributed by atoms with E-state index in [1.165, 1.54) is 7.11 Å². The van der Waals surface area contributed by atoms with Crippen molar-refractivity contribution in [1.29, 1.82) is 0 Å². The Labute approximate surface area is 140 Å². The Morgan fingerprint density at radius 3 is 2.38 bits per heavy atom. The topological polar surface area (TPSA) is 83.1 Å². The van der Waals surface area contributed by atoms with E-state index in [0.29, 0.717) is 22.6 Å². The second-order valence-electron chi connectivity index (χ2n) is 5.24. The van der Waals surface area contributed by atoms with E-state index in [1.807, 2.05) is 26.0 Å². The van der Waals surface area contributed by atoms with E-state index >= 15 is 0 Å². The molecule has 2 aromatic rings. The van der Waals surface area contributed by atoms with Gasteiger partial charge in [0.1, 0.15) is 0 Å². The predicted octanol–water partition coefficient (Wildman–Crippen LogP) is 2.80. The van der Waals surface area contributed by atoms with Crippen molar-refractivity contribution in [2.24, 2.45) is 10.9 Å². The summed E-state index contributed by atoms with van der Waals surface area (Å²) in [6, 6.07) is 10.6. The number of hydrogen-bond donors (Lipinski definition) is 1. The summed E-state index contributed by atoms with van der Waals surface area (Å²) in [4.78, 5) is 17.1. The minimum Gasteiger partial charge on any atom is -0.493 e. The number of methoxy groups -OCH3 is 2. The minimum atomic E-state index is -0.556. The van der Waals surface area contributed by atoms with E-state index in [0.717, 1.165) is 11.1 Å². The fourth-order valence-electron chi connectivity index (χ4n) is 2.14. The lowest BCUT2D eigenvalue weighted by atomic mass is 10.1. The molecule has 24 heavy (non-hydrogen) atoms. The Bertz CT molecular complexity index is 785. The van der Waals surface area contributed by atoms with Crippen LogP contribution in [0.25, 0.3) is 0 Å². The highest BCUT2D eigenvalue weighted by molar-refractivity contribution is 5.99. The summed E-state index contributed by atoms with van der Waals surface area (Å²) in [5.41, 5.74) is 8.67. The summed E-state index contributed by atoms with van der Waals surface area (Å²) in [6.45, 7) is 3.73. The predicted molar refractivity (Wildman–Crippen MR) is 91.6 cm³/mol. The second-order valence-corrected chi connectivity index (χ2v) is 5.24. The molecule has 0 saturated carbocycles. The molecular formula is C18H20N2O4. The highest BCUT2D eigenvalue weighted by atomic mass is 16.7. The Hall–Kier alpha value is -3.02. The first-order valence-electron chi connectivity index (χ1n) is 7.30. The average Bonchev–Trinajstić information content (AvgIpc) is 2.60. The van der Waals surface area contributed by atoms with Crippen LogP contribution in [0, 0.1) is 13.8 Å². The number of nitrogens with zero attached hydrogens (tertiary/aromatic N) is 1. The summed E-state index contributed by atoms with van der Waals surface area (Å²) in [5, 5.41) is 3.72. The van der Waals surface area contributed by atoms with Gasteiger partial charge in [-0.3, -0.25) is 0 Å². The molecule has 0 spiro atoms. The van der Waals surface area contributed by atoms with Crippen LogP contribution in [0.3, 0.4) is 0 Å². The van der Waals surface area contributed by atoms with E-state index in [4.69, 9.17) is 20.0 Å². The number of hydrogen-bond acceptors (Lipinski definition) is 5. The molecule has 0 aliphatic heterocycles. The Balaban J connectivity index is 2.19. The molecule has 0 bridgehead atoms. The van der Waals surface area contributed by atoms with E-state index in [1.54, 1.807) is 31.4 Å². The molecule has 2 rings (SSSR count). The van der Waals surface area contributed by atoms with Crippen molar-refractivity contribution in [3.63, 3.8) is 0 Å². The molecule has 0 aliphatic carbocycles. The lowest BCUT2D eigenvalue weighted by Crippen LogP contribution is -2.15. The summed E-state index contributed by atoms with van der Waals surface area (Å²) >= 11 is 0. The van der Waals surface area contributed by atoms with Crippen molar-refractivity contribution in [1.82, 2.24) is 0 Å². The maximum absolute atomic E-state index is 12.1. The molecule has 126 valence electrons. The molecule has 0 amide bonds. The van der Waals surface area contributed by atoms with Gasteiger partial charge in [0.25, 0.3) is 0 Å². The molecule has 0 aromatic heterocycles. The summed E-state index contributed by atoms with van der Waals surface area (Å²) in [5.74, 6) is 0.588. The molecule has 0 atom stereocenters. The molecular weight excluding hydrogens is 308 g/mol. The zero-order valence-electron chi connectivity index (χ0n) is 14.1. The fourth-order valence-corrected chi connectivity index (χ4v) is 2.14. The van der Waals surface area contributed by atoms with Gasteiger partial charge < -0.3 is 20.0 Å². The first-order valence-corrected chi connectivity index (χ1v) is 7.30. The molecule has 2 N–H and O–H groups in total. The fraction of sp³-hybridized carbons (Fsp3) is 0.222. The van der Waals surface area contributed by atoms with Gasteiger partial charge >= 0.3 is 5.97 Å². The molecule has 0 radical (unpaired) electrons. The lowest BCUT2D eigenvalue weighted by Gasteiger charge is -2.09. The Morgan fingerprint density at radius 1 is 1.00 bits per heavy atom. The third-order valence-corrected chi connectivity index (χ3v) is 3.52.